The lowest BCUT2D eigenvalue weighted by Gasteiger charge is -2.10. The van der Waals surface area contributed by atoms with E-state index in [0.29, 0.717) is 11.4 Å². The van der Waals surface area contributed by atoms with E-state index in [2.05, 4.69) is 4.72 Å². The number of hydrogen-bond acceptors (Lipinski definition) is 3. The summed E-state index contributed by atoms with van der Waals surface area (Å²) in [5, 5.41) is 0. The molecule has 2 aromatic rings. The maximum Gasteiger partial charge on any atom is 0.236 e. The Bertz CT molecular complexity index is 697. The van der Waals surface area contributed by atoms with E-state index in [-0.39, 0.29) is 12.4 Å². The molecule has 5 heteroatoms. The standard InChI is InChI=1S/C16H19NO3S/c1-13-8-9-15(12-14(13)2)17-21(18,19)11-10-20-16-6-4-3-5-7-16/h3-9,12,17H,10-11H2,1-2H3. The van der Waals surface area contributed by atoms with E-state index < -0.39 is 10.0 Å². The van der Waals surface area contributed by atoms with Gasteiger partial charge in [0, 0.05) is 5.69 Å². The van der Waals surface area contributed by atoms with Crippen LogP contribution in [0.1, 0.15) is 11.1 Å². The summed E-state index contributed by atoms with van der Waals surface area (Å²) in [6, 6.07) is 14.6. The Morgan fingerprint density at radius 1 is 1.00 bits per heavy atom. The highest BCUT2D eigenvalue weighted by Gasteiger charge is 2.11. The van der Waals surface area contributed by atoms with Gasteiger partial charge in [0.1, 0.15) is 18.1 Å². The lowest BCUT2D eigenvalue weighted by molar-refractivity contribution is 0.341. The van der Waals surface area contributed by atoms with E-state index in [1.807, 2.05) is 44.2 Å². The van der Waals surface area contributed by atoms with Crippen molar-refractivity contribution in [3.05, 3.63) is 59.7 Å². The summed E-state index contributed by atoms with van der Waals surface area (Å²) >= 11 is 0. The minimum atomic E-state index is -3.41. The van der Waals surface area contributed by atoms with Crippen molar-refractivity contribution in [2.24, 2.45) is 0 Å². The van der Waals surface area contributed by atoms with Crippen LogP contribution in [0.2, 0.25) is 0 Å². The second-order valence-corrected chi connectivity index (χ2v) is 6.72. The van der Waals surface area contributed by atoms with E-state index >= 15 is 0 Å². The molecule has 0 radical (unpaired) electrons. The molecule has 0 aliphatic heterocycles. The van der Waals surface area contributed by atoms with Crippen molar-refractivity contribution in [3.63, 3.8) is 0 Å². The molecule has 4 nitrogen and oxygen atoms in total. The monoisotopic (exact) mass is 305 g/mol. The zero-order chi connectivity index (χ0) is 15.3. The predicted octanol–water partition coefficient (Wildman–Crippen LogP) is 3.12. The summed E-state index contributed by atoms with van der Waals surface area (Å²) in [5.74, 6) is 0.577. The van der Waals surface area contributed by atoms with Gasteiger partial charge < -0.3 is 4.74 Å². The van der Waals surface area contributed by atoms with E-state index in [9.17, 15) is 8.42 Å². The van der Waals surface area contributed by atoms with Crippen molar-refractivity contribution >= 4 is 15.7 Å². The Morgan fingerprint density at radius 3 is 2.38 bits per heavy atom. The third-order valence-electron chi connectivity index (χ3n) is 3.14. The van der Waals surface area contributed by atoms with E-state index in [0.717, 1.165) is 11.1 Å². The van der Waals surface area contributed by atoms with Gasteiger partial charge in [-0.25, -0.2) is 8.42 Å². The fraction of sp³-hybridized carbons (Fsp3) is 0.250. The van der Waals surface area contributed by atoms with Crippen molar-refractivity contribution in [2.75, 3.05) is 17.1 Å². The second kappa shape index (κ2) is 6.63. The highest BCUT2D eigenvalue weighted by molar-refractivity contribution is 7.92. The zero-order valence-electron chi connectivity index (χ0n) is 12.2. The van der Waals surface area contributed by atoms with Gasteiger partial charge in [-0.15, -0.1) is 0 Å². The summed E-state index contributed by atoms with van der Waals surface area (Å²) in [4.78, 5) is 0. The largest absolute Gasteiger partial charge is 0.492 e. The molecule has 0 aliphatic rings. The molecule has 0 heterocycles. The first kappa shape index (κ1) is 15.4. The van der Waals surface area contributed by atoms with Crippen LogP contribution in [-0.4, -0.2) is 20.8 Å². The minimum absolute atomic E-state index is 0.0885. The average molecular weight is 305 g/mol. The van der Waals surface area contributed by atoms with Crippen LogP contribution in [0.15, 0.2) is 48.5 Å². The van der Waals surface area contributed by atoms with Gasteiger partial charge in [-0.1, -0.05) is 24.3 Å². The van der Waals surface area contributed by atoms with Crippen LogP contribution >= 0.6 is 0 Å². The number of para-hydroxylation sites is 1. The molecule has 21 heavy (non-hydrogen) atoms. The lowest BCUT2D eigenvalue weighted by Crippen LogP contribution is -2.21. The van der Waals surface area contributed by atoms with Gasteiger partial charge in [-0.2, -0.15) is 0 Å². The summed E-state index contributed by atoms with van der Waals surface area (Å²) in [7, 11) is -3.41. The molecule has 112 valence electrons. The Kier molecular flexibility index (Phi) is 4.85. The van der Waals surface area contributed by atoms with Gasteiger partial charge in [0.15, 0.2) is 0 Å². The fourth-order valence-corrected chi connectivity index (χ4v) is 2.71. The molecule has 0 amide bonds. The van der Waals surface area contributed by atoms with Gasteiger partial charge in [-0.05, 0) is 49.2 Å². The van der Waals surface area contributed by atoms with Crippen molar-refractivity contribution in [2.45, 2.75) is 13.8 Å². The Balaban J connectivity index is 1.91. The van der Waals surface area contributed by atoms with Crippen molar-refractivity contribution in [1.82, 2.24) is 0 Å². The third-order valence-corrected chi connectivity index (χ3v) is 4.40. The zero-order valence-corrected chi connectivity index (χ0v) is 13.0. The highest BCUT2D eigenvalue weighted by Crippen LogP contribution is 2.15. The molecule has 1 N–H and O–H groups in total. The Hall–Kier alpha value is -2.01. The van der Waals surface area contributed by atoms with Gasteiger partial charge in [-0.3, -0.25) is 4.72 Å². The molecular formula is C16H19NO3S. The number of benzene rings is 2. The summed E-state index contributed by atoms with van der Waals surface area (Å²) in [5.41, 5.74) is 2.76. The van der Waals surface area contributed by atoms with Crippen LogP contribution in [-0.2, 0) is 10.0 Å². The van der Waals surface area contributed by atoms with Crippen LogP contribution in [0, 0.1) is 13.8 Å². The maximum atomic E-state index is 12.0. The van der Waals surface area contributed by atoms with Crippen LogP contribution < -0.4 is 9.46 Å². The molecule has 0 aromatic heterocycles. The molecule has 0 atom stereocenters. The quantitative estimate of drug-likeness (QED) is 0.892. The van der Waals surface area contributed by atoms with E-state index in [1.165, 1.54) is 0 Å². The smallest absolute Gasteiger partial charge is 0.236 e. The molecule has 0 bridgehead atoms. The van der Waals surface area contributed by atoms with Gasteiger partial charge in [0.05, 0.1) is 0 Å². The SMILES string of the molecule is Cc1ccc(NS(=O)(=O)CCOc2ccccc2)cc1C. The number of nitrogens with one attached hydrogen (secondary N) is 1. The van der Waals surface area contributed by atoms with Crippen molar-refractivity contribution < 1.29 is 13.2 Å². The fourth-order valence-electron chi connectivity index (χ4n) is 1.82. The van der Waals surface area contributed by atoms with E-state index in [4.69, 9.17) is 4.74 Å². The summed E-state index contributed by atoms with van der Waals surface area (Å²) < 4.78 is 32.0. The van der Waals surface area contributed by atoms with Gasteiger partial charge in [0.2, 0.25) is 10.0 Å². The highest BCUT2D eigenvalue weighted by atomic mass is 32.2. The van der Waals surface area contributed by atoms with Gasteiger partial charge >= 0.3 is 0 Å². The number of hydrogen-bond donors (Lipinski definition) is 1. The molecule has 0 saturated carbocycles. The predicted molar refractivity (Wildman–Crippen MR) is 85.3 cm³/mol. The molecule has 2 aromatic carbocycles. The molecular weight excluding hydrogens is 286 g/mol. The molecule has 0 unspecified atom stereocenters. The molecule has 0 spiro atoms. The Morgan fingerprint density at radius 2 is 1.71 bits per heavy atom. The van der Waals surface area contributed by atoms with Crippen LogP contribution in [0.5, 0.6) is 5.75 Å². The topological polar surface area (TPSA) is 55.4 Å². The molecule has 0 fully saturated rings. The van der Waals surface area contributed by atoms with Gasteiger partial charge in [0.25, 0.3) is 0 Å². The number of aryl methyl sites for hydroxylation is 2. The second-order valence-electron chi connectivity index (χ2n) is 4.88. The van der Waals surface area contributed by atoms with Crippen LogP contribution in [0.3, 0.4) is 0 Å². The number of sulfonamides is 1. The van der Waals surface area contributed by atoms with Crippen molar-refractivity contribution in [1.29, 1.82) is 0 Å². The molecule has 0 saturated heterocycles. The van der Waals surface area contributed by atoms with Crippen LogP contribution in [0.25, 0.3) is 0 Å². The molecule has 2 rings (SSSR count). The first-order chi connectivity index (χ1) is 9.96. The number of rotatable bonds is 6. The summed E-state index contributed by atoms with van der Waals surface area (Å²) in [6.07, 6.45) is 0. The summed E-state index contributed by atoms with van der Waals surface area (Å²) in [6.45, 7) is 4.05. The first-order valence-corrected chi connectivity index (χ1v) is 8.37. The number of anilines is 1. The maximum absolute atomic E-state index is 12.0. The number of ether oxygens (including phenoxy) is 1. The normalized spacial score (nSPS) is 11.1. The van der Waals surface area contributed by atoms with E-state index in [1.54, 1.807) is 18.2 Å². The first-order valence-electron chi connectivity index (χ1n) is 6.72. The third kappa shape index (κ3) is 4.79. The van der Waals surface area contributed by atoms with Crippen LogP contribution in [0.4, 0.5) is 5.69 Å². The molecule has 0 aliphatic carbocycles. The average Bonchev–Trinajstić information content (AvgIpc) is 2.43. The Labute approximate surface area is 125 Å². The lowest BCUT2D eigenvalue weighted by atomic mass is 10.1. The van der Waals surface area contributed by atoms with Crippen molar-refractivity contribution in [3.8, 4) is 5.75 Å². The minimum Gasteiger partial charge on any atom is -0.492 e.